The summed E-state index contributed by atoms with van der Waals surface area (Å²) in [6.07, 6.45) is 2.23. The Morgan fingerprint density at radius 2 is 1.88 bits per heavy atom. The van der Waals surface area contributed by atoms with Crippen molar-refractivity contribution in [3.05, 3.63) is 93.6 Å². The normalized spacial score (nSPS) is 12.0. The number of methoxy groups -OCH3 is 1. The van der Waals surface area contributed by atoms with Gasteiger partial charge < -0.3 is 24.9 Å². The third kappa shape index (κ3) is 5.65. The van der Waals surface area contributed by atoms with Gasteiger partial charge >= 0.3 is 5.97 Å². The van der Waals surface area contributed by atoms with Gasteiger partial charge in [-0.1, -0.05) is 53.5 Å². The second-order valence-corrected chi connectivity index (χ2v) is 8.69. The maximum atomic E-state index is 11.9. The molecule has 0 radical (unpaired) electrons. The van der Waals surface area contributed by atoms with E-state index in [4.69, 9.17) is 32.7 Å². The van der Waals surface area contributed by atoms with Crippen LogP contribution in [0, 0.1) is 0 Å². The molecule has 1 aromatic heterocycles. The Balaban J connectivity index is 1.41. The highest BCUT2D eigenvalue weighted by Crippen LogP contribution is 2.30. The number of ether oxygens (including phenoxy) is 2. The lowest BCUT2D eigenvalue weighted by molar-refractivity contribution is -0.139. The van der Waals surface area contributed by atoms with Gasteiger partial charge in [-0.05, 0) is 41.5 Å². The molecule has 0 aliphatic rings. The van der Waals surface area contributed by atoms with Gasteiger partial charge in [-0.3, -0.25) is 4.79 Å². The molecule has 3 N–H and O–H groups in total. The highest BCUT2D eigenvalue weighted by Gasteiger charge is 2.19. The molecular weight excluding hydrogens is 475 g/mol. The Bertz CT molecular complexity index is 1310. The standard InChI is InChI=1S/C26H24Cl2N2O4/c1-33-25-10-16(6-9-24(25)34-15-17-7-8-19(27)12-21(17)28)13-29-23(26(31)32)11-18-14-30-22-5-3-2-4-20(18)22/h2-10,12,14,23,29-30H,11,13,15H2,1H3,(H,31,32)/t23-/m1/s1. The number of hydrogen-bond donors (Lipinski definition) is 3. The van der Waals surface area contributed by atoms with Gasteiger partial charge in [0, 0.05) is 45.7 Å². The van der Waals surface area contributed by atoms with E-state index in [0.29, 0.717) is 34.5 Å². The molecule has 4 rings (SSSR count). The summed E-state index contributed by atoms with van der Waals surface area (Å²) >= 11 is 12.2. The van der Waals surface area contributed by atoms with Crippen LogP contribution < -0.4 is 14.8 Å². The summed E-state index contributed by atoms with van der Waals surface area (Å²) in [5.41, 5.74) is 3.62. The van der Waals surface area contributed by atoms with E-state index in [9.17, 15) is 9.90 Å². The van der Waals surface area contributed by atoms with Gasteiger partial charge in [-0.2, -0.15) is 0 Å². The number of para-hydroxylation sites is 1. The maximum absolute atomic E-state index is 11.9. The zero-order valence-corrected chi connectivity index (χ0v) is 20.0. The fourth-order valence-corrected chi connectivity index (χ4v) is 4.21. The monoisotopic (exact) mass is 498 g/mol. The minimum absolute atomic E-state index is 0.260. The van der Waals surface area contributed by atoms with Crippen molar-refractivity contribution in [1.29, 1.82) is 0 Å². The number of carbonyl (C=O) groups is 1. The second-order valence-electron chi connectivity index (χ2n) is 7.84. The number of benzene rings is 3. The first-order valence-corrected chi connectivity index (χ1v) is 11.4. The number of halogens is 2. The van der Waals surface area contributed by atoms with Crippen LogP contribution >= 0.6 is 23.2 Å². The minimum Gasteiger partial charge on any atom is -0.493 e. The largest absolute Gasteiger partial charge is 0.493 e. The first-order chi connectivity index (χ1) is 16.4. The highest BCUT2D eigenvalue weighted by atomic mass is 35.5. The summed E-state index contributed by atoms with van der Waals surface area (Å²) in [6, 6.07) is 17.9. The molecule has 3 aromatic carbocycles. The number of aromatic amines is 1. The highest BCUT2D eigenvalue weighted by molar-refractivity contribution is 6.35. The summed E-state index contributed by atoms with van der Waals surface area (Å²) in [7, 11) is 1.56. The molecule has 34 heavy (non-hydrogen) atoms. The number of carboxylic acid groups (broad SMARTS) is 1. The number of carboxylic acids is 1. The predicted molar refractivity (Wildman–Crippen MR) is 134 cm³/mol. The van der Waals surface area contributed by atoms with E-state index in [0.717, 1.165) is 27.6 Å². The third-order valence-electron chi connectivity index (χ3n) is 5.58. The van der Waals surface area contributed by atoms with Gasteiger partial charge in [0.1, 0.15) is 12.6 Å². The van der Waals surface area contributed by atoms with Crippen LogP contribution in [0.25, 0.3) is 10.9 Å². The molecule has 0 spiro atoms. The molecule has 6 nitrogen and oxygen atoms in total. The van der Waals surface area contributed by atoms with Crippen LogP contribution in [0.5, 0.6) is 11.5 Å². The Hall–Kier alpha value is -3.19. The number of aliphatic carboxylic acids is 1. The minimum atomic E-state index is -0.906. The Morgan fingerprint density at radius 1 is 1.06 bits per heavy atom. The van der Waals surface area contributed by atoms with Crippen molar-refractivity contribution in [3.63, 3.8) is 0 Å². The lowest BCUT2D eigenvalue weighted by atomic mass is 10.0. The van der Waals surface area contributed by atoms with Crippen LogP contribution in [0.2, 0.25) is 10.0 Å². The first kappa shape index (κ1) is 24.0. The topological polar surface area (TPSA) is 83.6 Å². The van der Waals surface area contributed by atoms with Crippen molar-refractivity contribution in [2.24, 2.45) is 0 Å². The molecule has 4 aromatic rings. The molecular formula is C26H24Cl2N2O4. The van der Waals surface area contributed by atoms with E-state index in [-0.39, 0.29) is 6.61 Å². The van der Waals surface area contributed by atoms with E-state index in [2.05, 4.69) is 10.3 Å². The van der Waals surface area contributed by atoms with Gasteiger partial charge in [-0.15, -0.1) is 0 Å². The zero-order valence-electron chi connectivity index (χ0n) is 18.5. The molecule has 0 unspecified atom stereocenters. The van der Waals surface area contributed by atoms with Gasteiger partial charge in [0.15, 0.2) is 11.5 Å². The van der Waals surface area contributed by atoms with Gasteiger partial charge in [0.25, 0.3) is 0 Å². The Morgan fingerprint density at radius 3 is 2.65 bits per heavy atom. The summed E-state index contributed by atoms with van der Waals surface area (Å²) in [5, 5.41) is 15.0. The number of fused-ring (bicyclic) bond motifs is 1. The molecule has 0 aliphatic heterocycles. The second kappa shape index (κ2) is 10.8. The summed E-state index contributed by atoms with van der Waals surface area (Å²) in [5.74, 6) is 0.204. The lowest BCUT2D eigenvalue weighted by Gasteiger charge is -2.16. The molecule has 1 atom stereocenters. The van der Waals surface area contributed by atoms with Crippen LogP contribution in [0.4, 0.5) is 0 Å². The molecule has 0 saturated heterocycles. The van der Waals surface area contributed by atoms with Gasteiger partial charge in [-0.25, -0.2) is 0 Å². The molecule has 176 valence electrons. The van der Waals surface area contributed by atoms with Crippen molar-refractivity contribution in [2.75, 3.05) is 7.11 Å². The molecule has 0 bridgehead atoms. The van der Waals surface area contributed by atoms with Crippen molar-refractivity contribution >= 4 is 40.1 Å². The van der Waals surface area contributed by atoms with Crippen LogP contribution in [0.1, 0.15) is 16.7 Å². The van der Waals surface area contributed by atoms with Crippen LogP contribution in [0.3, 0.4) is 0 Å². The van der Waals surface area contributed by atoms with Gasteiger partial charge in [0.2, 0.25) is 0 Å². The number of hydrogen-bond acceptors (Lipinski definition) is 4. The molecule has 0 amide bonds. The van der Waals surface area contributed by atoms with Crippen molar-refractivity contribution < 1.29 is 19.4 Å². The van der Waals surface area contributed by atoms with Crippen LogP contribution in [0.15, 0.2) is 66.9 Å². The molecule has 1 heterocycles. The fourth-order valence-electron chi connectivity index (χ4n) is 3.74. The number of aromatic nitrogens is 1. The Kier molecular flexibility index (Phi) is 7.63. The molecule has 0 saturated carbocycles. The summed E-state index contributed by atoms with van der Waals surface area (Å²) in [4.78, 5) is 15.1. The van der Waals surface area contributed by atoms with Crippen molar-refractivity contribution in [1.82, 2.24) is 10.3 Å². The maximum Gasteiger partial charge on any atom is 0.321 e. The van der Waals surface area contributed by atoms with E-state index in [1.165, 1.54) is 0 Å². The quantitative estimate of drug-likeness (QED) is 0.255. The zero-order chi connectivity index (χ0) is 24.1. The molecule has 8 heteroatoms. The van der Waals surface area contributed by atoms with Crippen molar-refractivity contribution in [2.45, 2.75) is 25.6 Å². The number of H-pyrrole nitrogens is 1. The molecule has 0 aliphatic carbocycles. The number of rotatable bonds is 10. The summed E-state index contributed by atoms with van der Waals surface area (Å²) in [6.45, 7) is 0.620. The fraction of sp³-hybridized carbons (Fsp3) is 0.192. The average molecular weight is 499 g/mol. The van der Waals surface area contributed by atoms with E-state index < -0.39 is 12.0 Å². The molecule has 0 fully saturated rings. The smallest absolute Gasteiger partial charge is 0.321 e. The summed E-state index contributed by atoms with van der Waals surface area (Å²) < 4.78 is 11.4. The Labute approximate surface area is 207 Å². The lowest BCUT2D eigenvalue weighted by Crippen LogP contribution is -2.38. The van der Waals surface area contributed by atoms with Crippen LogP contribution in [-0.2, 0) is 24.4 Å². The average Bonchev–Trinajstić information content (AvgIpc) is 3.24. The van der Waals surface area contributed by atoms with E-state index >= 15 is 0 Å². The van der Waals surface area contributed by atoms with Gasteiger partial charge in [0.05, 0.1) is 7.11 Å². The van der Waals surface area contributed by atoms with Crippen LogP contribution in [-0.4, -0.2) is 29.2 Å². The van der Waals surface area contributed by atoms with Crippen molar-refractivity contribution in [3.8, 4) is 11.5 Å². The van der Waals surface area contributed by atoms with E-state index in [1.807, 2.05) is 48.7 Å². The SMILES string of the molecule is COc1cc(CN[C@H](Cc2c[nH]c3ccccc23)C(=O)O)ccc1OCc1ccc(Cl)cc1Cl. The third-order valence-corrected chi connectivity index (χ3v) is 6.16. The van der Waals surface area contributed by atoms with E-state index in [1.54, 1.807) is 25.3 Å². The first-order valence-electron chi connectivity index (χ1n) is 10.7. The predicted octanol–water partition coefficient (Wildman–Crippen LogP) is 5.85. The number of nitrogens with one attached hydrogen (secondary N) is 2.